The van der Waals surface area contributed by atoms with Crippen molar-refractivity contribution in [2.45, 2.75) is 0 Å². The van der Waals surface area contributed by atoms with E-state index in [1.165, 1.54) is 18.5 Å². The number of nitro benzene ring substituents is 1. The van der Waals surface area contributed by atoms with Gasteiger partial charge in [-0.15, -0.1) is 0 Å². The summed E-state index contributed by atoms with van der Waals surface area (Å²) in [6.45, 7) is 0. The van der Waals surface area contributed by atoms with Gasteiger partial charge in [-0.3, -0.25) is 10.1 Å². The topological polar surface area (TPSA) is 86.7 Å². The maximum absolute atomic E-state index is 10.8. The minimum Gasteiger partial charge on any atom is -0.258 e. The summed E-state index contributed by atoms with van der Waals surface area (Å²) < 4.78 is 2.53. The lowest BCUT2D eigenvalue weighted by Gasteiger charge is -2.04. The Morgan fingerprint density at radius 1 is 1.32 bits per heavy atom. The van der Waals surface area contributed by atoms with E-state index >= 15 is 0 Å². The second-order valence-corrected chi connectivity index (χ2v) is 5.00. The van der Waals surface area contributed by atoms with Crippen molar-refractivity contribution in [1.82, 2.24) is 19.7 Å². The van der Waals surface area contributed by atoms with Crippen molar-refractivity contribution in [1.29, 1.82) is 0 Å². The summed E-state index contributed by atoms with van der Waals surface area (Å²) in [7, 11) is 0. The fraction of sp³-hybridized carbons (Fsp3) is 0. The number of benzene rings is 1. The van der Waals surface area contributed by atoms with Crippen LogP contribution in [0.15, 0.2) is 36.9 Å². The molecule has 0 amide bonds. The van der Waals surface area contributed by atoms with Crippen molar-refractivity contribution < 1.29 is 4.92 Å². The molecule has 2 heterocycles. The number of rotatable bonds is 2. The van der Waals surface area contributed by atoms with E-state index in [1.807, 2.05) is 0 Å². The third-order valence-corrected chi connectivity index (χ3v) is 3.13. The molecule has 1 aromatic carbocycles. The Morgan fingerprint density at radius 2 is 2.16 bits per heavy atom. The summed E-state index contributed by atoms with van der Waals surface area (Å²) in [5, 5.41) is 15.6. The van der Waals surface area contributed by atoms with Crippen LogP contribution in [0.2, 0.25) is 0 Å². The first-order chi connectivity index (χ1) is 9.15. The van der Waals surface area contributed by atoms with Crippen LogP contribution in [-0.4, -0.2) is 24.7 Å². The Hall–Kier alpha value is -2.10. The fourth-order valence-corrected chi connectivity index (χ4v) is 2.13. The summed E-state index contributed by atoms with van der Waals surface area (Å²) in [4.78, 5) is 18.6. The van der Waals surface area contributed by atoms with Crippen molar-refractivity contribution in [2.75, 3.05) is 0 Å². The number of halogens is 1. The van der Waals surface area contributed by atoms with Gasteiger partial charge in [0, 0.05) is 18.3 Å². The van der Waals surface area contributed by atoms with Gasteiger partial charge in [0.2, 0.25) is 0 Å². The van der Waals surface area contributed by atoms with Crippen LogP contribution in [0.25, 0.3) is 16.7 Å². The fourth-order valence-electron chi connectivity index (χ4n) is 1.74. The summed E-state index contributed by atoms with van der Waals surface area (Å²) in [5.41, 5.74) is 0.645. The molecule has 0 N–H and O–H groups in total. The summed E-state index contributed by atoms with van der Waals surface area (Å²) >= 11 is 2.13. The second kappa shape index (κ2) is 4.53. The van der Waals surface area contributed by atoms with Gasteiger partial charge in [0.15, 0.2) is 5.82 Å². The molecule has 3 rings (SSSR count). The van der Waals surface area contributed by atoms with E-state index in [1.54, 1.807) is 23.1 Å². The van der Waals surface area contributed by atoms with Crippen LogP contribution in [0, 0.1) is 13.7 Å². The number of hydrogen-bond donors (Lipinski definition) is 0. The number of nitro groups is 1. The Kier molecular flexibility index (Phi) is 2.85. The smallest absolute Gasteiger partial charge is 0.258 e. The Balaban J connectivity index is 2.29. The molecule has 0 saturated carbocycles. The van der Waals surface area contributed by atoms with Crippen molar-refractivity contribution in [2.24, 2.45) is 0 Å². The number of aromatic nitrogens is 4. The van der Waals surface area contributed by atoms with Gasteiger partial charge in [-0.05, 0) is 28.7 Å². The van der Waals surface area contributed by atoms with E-state index < -0.39 is 4.92 Å². The van der Waals surface area contributed by atoms with Crippen LogP contribution < -0.4 is 0 Å². The first kappa shape index (κ1) is 12.0. The molecule has 8 heteroatoms. The zero-order valence-corrected chi connectivity index (χ0v) is 11.6. The molecular formula is C11H6IN5O2. The lowest BCUT2D eigenvalue weighted by Crippen LogP contribution is -2.00. The molecule has 0 radical (unpaired) electrons. The zero-order valence-electron chi connectivity index (χ0n) is 9.39. The number of fused-ring (bicyclic) bond motifs is 1. The predicted molar refractivity (Wildman–Crippen MR) is 76.0 cm³/mol. The van der Waals surface area contributed by atoms with Crippen molar-refractivity contribution in [3.63, 3.8) is 0 Å². The predicted octanol–water partition coefficient (Wildman–Crippen LogP) is 2.33. The maximum Gasteiger partial charge on any atom is 0.270 e. The molecular weight excluding hydrogens is 361 g/mol. The van der Waals surface area contributed by atoms with Crippen LogP contribution in [0.1, 0.15) is 0 Å². The first-order valence-electron chi connectivity index (χ1n) is 5.25. The van der Waals surface area contributed by atoms with Gasteiger partial charge in [0.05, 0.1) is 25.6 Å². The SMILES string of the molecule is O=[N+]([O-])c1ccc2ncnc(-n3cc(I)cn3)c2c1. The van der Waals surface area contributed by atoms with Crippen LogP contribution in [0.4, 0.5) is 5.69 Å². The van der Waals surface area contributed by atoms with E-state index in [-0.39, 0.29) is 5.69 Å². The maximum atomic E-state index is 10.8. The molecule has 0 unspecified atom stereocenters. The molecule has 0 fully saturated rings. The highest BCUT2D eigenvalue weighted by molar-refractivity contribution is 14.1. The normalized spacial score (nSPS) is 10.8. The average Bonchev–Trinajstić information content (AvgIpc) is 2.84. The minimum atomic E-state index is -0.441. The lowest BCUT2D eigenvalue weighted by molar-refractivity contribution is -0.384. The van der Waals surface area contributed by atoms with Gasteiger partial charge >= 0.3 is 0 Å². The molecule has 0 aliphatic heterocycles. The third kappa shape index (κ3) is 2.14. The molecule has 19 heavy (non-hydrogen) atoms. The lowest BCUT2D eigenvalue weighted by atomic mass is 10.2. The molecule has 94 valence electrons. The molecule has 7 nitrogen and oxygen atoms in total. The van der Waals surface area contributed by atoms with Crippen LogP contribution in [0.3, 0.4) is 0 Å². The van der Waals surface area contributed by atoms with Gasteiger partial charge in [-0.2, -0.15) is 5.10 Å². The number of non-ortho nitro benzene ring substituents is 1. The molecule has 0 aliphatic carbocycles. The van der Waals surface area contributed by atoms with Crippen molar-refractivity contribution >= 4 is 39.2 Å². The Bertz CT molecular complexity index is 786. The van der Waals surface area contributed by atoms with E-state index in [0.29, 0.717) is 16.7 Å². The van der Waals surface area contributed by atoms with Crippen molar-refractivity contribution in [3.05, 3.63) is 50.6 Å². The molecule has 0 aliphatic rings. The van der Waals surface area contributed by atoms with Gasteiger partial charge in [0.25, 0.3) is 5.69 Å². The summed E-state index contributed by atoms with van der Waals surface area (Å²) in [5.74, 6) is 0.525. The Labute approximate surface area is 120 Å². The standard InChI is InChI=1S/C11H6IN5O2/c12-7-4-15-16(5-7)11-9-3-8(17(18)19)1-2-10(9)13-6-14-11/h1-6H. The minimum absolute atomic E-state index is 0.00500. The van der Waals surface area contributed by atoms with E-state index in [0.717, 1.165) is 3.57 Å². The van der Waals surface area contributed by atoms with Crippen molar-refractivity contribution in [3.8, 4) is 5.82 Å². The monoisotopic (exact) mass is 367 g/mol. The van der Waals surface area contributed by atoms with Gasteiger partial charge in [0.1, 0.15) is 6.33 Å². The van der Waals surface area contributed by atoms with Gasteiger partial charge in [-0.25, -0.2) is 14.6 Å². The number of nitrogens with zero attached hydrogens (tertiary/aromatic N) is 5. The molecule has 2 aromatic heterocycles. The highest BCUT2D eigenvalue weighted by Gasteiger charge is 2.12. The van der Waals surface area contributed by atoms with Crippen LogP contribution >= 0.6 is 22.6 Å². The molecule has 0 atom stereocenters. The van der Waals surface area contributed by atoms with Gasteiger partial charge in [-0.1, -0.05) is 0 Å². The largest absolute Gasteiger partial charge is 0.270 e. The summed E-state index contributed by atoms with van der Waals surface area (Å²) in [6.07, 6.45) is 4.89. The molecule has 0 bridgehead atoms. The quantitative estimate of drug-likeness (QED) is 0.394. The summed E-state index contributed by atoms with van der Waals surface area (Å²) in [6, 6.07) is 4.48. The van der Waals surface area contributed by atoms with Gasteiger partial charge < -0.3 is 0 Å². The first-order valence-corrected chi connectivity index (χ1v) is 6.33. The third-order valence-electron chi connectivity index (χ3n) is 2.58. The average molecular weight is 367 g/mol. The van der Waals surface area contributed by atoms with Crippen LogP contribution in [0.5, 0.6) is 0 Å². The number of hydrogen-bond acceptors (Lipinski definition) is 5. The molecule has 0 spiro atoms. The zero-order chi connectivity index (χ0) is 13.4. The highest BCUT2D eigenvalue weighted by Crippen LogP contribution is 2.23. The molecule has 0 saturated heterocycles. The second-order valence-electron chi connectivity index (χ2n) is 3.76. The van der Waals surface area contributed by atoms with E-state index in [4.69, 9.17) is 0 Å². The van der Waals surface area contributed by atoms with Crippen LogP contribution in [-0.2, 0) is 0 Å². The van der Waals surface area contributed by atoms with E-state index in [9.17, 15) is 10.1 Å². The molecule has 3 aromatic rings. The Morgan fingerprint density at radius 3 is 2.84 bits per heavy atom. The highest BCUT2D eigenvalue weighted by atomic mass is 127. The van der Waals surface area contributed by atoms with E-state index in [2.05, 4.69) is 37.7 Å².